The summed E-state index contributed by atoms with van der Waals surface area (Å²) in [5.41, 5.74) is -3.59. The van der Waals surface area contributed by atoms with Crippen molar-refractivity contribution in [2.24, 2.45) is 11.8 Å². The van der Waals surface area contributed by atoms with E-state index in [0.29, 0.717) is 12.8 Å². The van der Waals surface area contributed by atoms with Crippen LogP contribution in [0.1, 0.15) is 30.9 Å². The molecule has 1 N–H and O–H groups in total. The van der Waals surface area contributed by atoms with Crippen LogP contribution in [-0.4, -0.2) is 59.1 Å². The maximum atomic E-state index is 13.6. The number of benzene rings is 1. The Labute approximate surface area is 181 Å². The SMILES string of the molecule is CN(C(=O)O)[C@H]1C[C@@]23CCO[C@H]4[C@@H]2[C@H](C(=O)N4c2ccc(C#N)c(C(F)(F)F)c2)[C@]1(C)O3. The van der Waals surface area contributed by atoms with Crippen molar-refractivity contribution in [1.29, 1.82) is 5.26 Å². The Morgan fingerprint density at radius 2 is 2.12 bits per heavy atom. The predicted octanol–water partition coefficient (Wildman–Crippen LogP) is 2.81. The van der Waals surface area contributed by atoms with Gasteiger partial charge in [0.1, 0.15) is 6.23 Å². The van der Waals surface area contributed by atoms with Gasteiger partial charge in [0.25, 0.3) is 0 Å². The van der Waals surface area contributed by atoms with Crippen LogP contribution in [-0.2, 0) is 20.4 Å². The van der Waals surface area contributed by atoms with E-state index in [9.17, 15) is 27.9 Å². The number of nitrogens with zero attached hydrogens (tertiary/aromatic N) is 3. The van der Waals surface area contributed by atoms with Crippen LogP contribution in [0.5, 0.6) is 0 Å². The van der Waals surface area contributed by atoms with Gasteiger partial charge in [-0.05, 0) is 25.1 Å². The molecule has 4 heterocycles. The number of hydrogen-bond donors (Lipinski definition) is 1. The maximum Gasteiger partial charge on any atom is 0.417 e. The molecule has 1 spiro atoms. The third kappa shape index (κ3) is 2.50. The van der Waals surface area contributed by atoms with E-state index in [1.165, 1.54) is 24.1 Å². The lowest BCUT2D eigenvalue weighted by Crippen LogP contribution is -2.58. The lowest BCUT2D eigenvalue weighted by atomic mass is 9.64. The fourth-order valence-corrected chi connectivity index (χ4v) is 6.27. The molecule has 4 aliphatic rings. The number of alkyl halides is 3. The number of carbonyl (C=O) groups is 2. The number of amides is 2. The largest absolute Gasteiger partial charge is 0.465 e. The van der Waals surface area contributed by atoms with Gasteiger partial charge in [0.2, 0.25) is 5.91 Å². The van der Waals surface area contributed by atoms with Crippen molar-refractivity contribution in [2.75, 3.05) is 18.6 Å². The molecule has 0 unspecified atom stereocenters. The molecule has 0 aromatic heterocycles. The fraction of sp³-hybridized carbons (Fsp3) is 0.571. The minimum Gasteiger partial charge on any atom is -0.465 e. The van der Waals surface area contributed by atoms with Crippen LogP contribution in [0.3, 0.4) is 0 Å². The standard InChI is InChI=1S/C21H20F3N3O5/c1-19-13(26(2)18(29)30)8-20(32-19)5-6-31-17-15(20)14(19)16(28)27(17)11-4-3-10(9-25)12(7-11)21(22,23)24/h3-4,7,13-15,17H,5-6,8H2,1-2H3,(H,29,30)/t13-,14+,15-,17-,19+,20-/m0/s1. The van der Waals surface area contributed by atoms with E-state index in [0.717, 1.165) is 17.0 Å². The zero-order valence-electron chi connectivity index (χ0n) is 17.2. The van der Waals surface area contributed by atoms with Crippen LogP contribution in [0.4, 0.5) is 23.7 Å². The van der Waals surface area contributed by atoms with Gasteiger partial charge in [0, 0.05) is 31.5 Å². The van der Waals surface area contributed by atoms with Gasteiger partial charge in [0.15, 0.2) is 0 Å². The van der Waals surface area contributed by atoms with Crippen molar-refractivity contribution in [2.45, 2.75) is 49.4 Å². The van der Waals surface area contributed by atoms with Crippen molar-refractivity contribution in [3.8, 4) is 6.07 Å². The van der Waals surface area contributed by atoms with Gasteiger partial charge in [0.05, 0.1) is 47.0 Å². The van der Waals surface area contributed by atoms with Crippen molar-refractivity contribution < 1.29 is 37.3 Å². The molecule has 4 saturated heterocycles. The highest BCUT2D eigenvalue weighted by Gasteiger charge is 2.78. The number of likely N-dealkylation sites (N-methyl/N-ethyl adjacent to an activating group) is 1. The molecule has 4 fully saturated rings. The van der Waals surface area contributed by atoms with Crippen molar-refractivity contribution in [3.63, 3.8) is 0 Å². The lowest BCUT2D eigenvalue weighted by Gasteiger charge is -2.44. The van der Waals surface area contributed by atoms with Gasteiger partial charge in [-0.2, -0.15) is 18.4 Å². The summed E-state index contributed by atoms with van der Waals surface area (Å²) in [7, 11) is 1.43. The molecular weight excluding hydrogens is 431 g/mol. The highest BCUT2D eigenvalue weighted by molar-refractivity contribution is 6.00. The molecule has 5 rings (SSSR count). The van der Waals surface area contributed by atoms with Gasteiger partial charge in [-0.1, -0.05) is 0 Å². The molecule has 0 aliphatic carbocycles. The second-order valence-electron chi connectivity index (χ2n) is 9.03. The summed E-state index contributed by atoms with van der Waals surface area (Å²) in [5, 5.41) is 18.6. The number of anilines is 1. The first-order valence-corrected chi connectivity index (χ1v) is 10.2. The van der Waals surface area contributed by atoms with E-state index in [1.807, 2.05) is 0 Å². The number of carboxylic acid groups (broad SMARTS) is 1. The second-order valence-corrected chi connectivity index (χ2v) is 9.03. The first-order chi connectivity index (χ1) is 14.9. The molecule has 32 heavy (non-hydrogen) atoms. The summed E-state index contributed by atoms with van der Waals surface area (Å²) in [5.74, 6) is -1.66. The molecule has 1 aromatic rings. The lowest BCUT2D eigenvalue weighted by molar-refractivity contribution is -0.141. The van der Waals surface area contributed by atoms with Crippen LogP contribution < -0.4 is 4.90 Å². The first-order valence-electron chi connectivity index (χ1n) is 10.2. The summed E-state index contributed by atoms with van der Waals surface area (Å²) in [6, 6.07) is 4.12. The highest BCUT2D eigenvalue weighted by atomic mass is 19.4. The number of fused-ring (bicyclic) bond motifs is 2. The molecule has 11 heteroatoms. The molecule has 1 aromatic carbocycles. The number of ether oxygens (including phenoxy) is 2. The molecular formula is C21H20F3N3O5. The Kier molecular flexibility index (Phi) is 4.18. The number of hydrogen-bond acceptors (Lipinski definition) is 5. The highest BCUT2D eigenvalue weighted by Crippen LogP contribution is 2.66. The van der Waals surface area contributed by atoms with Crippen molar-refractivity contribution >= 4 is 17.7 Å². The van der Waals surface area contributed by atoms with E-state index < -0.39 is 64.6 Å². The molecule has 4 aliphatic heterocycles. The molecule has 2 bridgehead atoms. The van der Waals surface area contributed by atoms with E-state index in [4.69, 9.17) is 14.7 Å². The number of rotatable bonds is 2. The monoisotopic (exact) mass is 451 g/mol. The first kappa shape index (κ1) is 21.0. The Hall–Kier alpha value is -2.84. The minimum absolute atomic E-state index is 0.0103. The summed E-state index contributed by atoms with van der Waals surface area (Å²) in [6.07, 6.45) is -5.89. The molecule has 8 nitrogen and oxygen atoms in total. The van der Waals surface area contributed by atoms with Gasteiger partial charge < -0.3 is 19.5 Å². The Balaban J connectivity index is 1.60. The second kappa shape index (κ2) is 6.36. The topological polar surface area (TPSA) is 103 Å². The van der Waals surface area contributed by atoms with Crippen LogP contribution in [0.25, 0.3) is 0 Å². The summed E-state index contributed by atoms with van der Waals surface area (Å²) in [6.45, 7) is 1.92. The van der Waals surface area contributed by atoms with Crippen molar-refractivity contribution in [3.05, 3.63) is 29.3 Å². The van der Waals surface area contributed by atoms with Crippen LogP contribution >= 0.6 is 0 Å². The molecule has 0 saturated carbocycles. The van der Waals surface area contributed by atoms with Gasteiger partial charge in [-0.3, -0.25) is 9.69 Å². The minimum atomic E-state index is -4.77. The molecule has 0 radical (unpaired) electrons. The Bertz CT molecular complexity index is 1070. The maximum absolute atomic E-state index is 13.6. The predicted molar refractivity (Wildman–Crippen MR) is 101 cm³/mol. The zero-order chi connectivity index (χ0) is 23.2. The molecule has 2 amide bonds. The third-order valence-corrected chi connectivity index (χ3v) is 7.56. The summed E-state index contributed by atoms with van der Waals surface area (Å²) in [4.78, 5) is 27.6. The van der Waals surface area contributed by atoms with Gasteiger partial charge >= 0.3 is 12.3 Å². The van der Waals surface area contributed by atoms with E-state index in [2.05, 4.69) is 0 Å². The van der Waals surface area contributed by atoms with Gasteiger partial charge in [-0.15, -0.1) is 0 Å². The third-order valence-electron chi connectivity index (χ3n) is 7.56. The zero-order valence-corrected chi connectivity index (χ0v) is 17.2. The smallest absolute Gasteiger partial charge is 0.417 e. The quantitative estimate of drug-likeness (QED) is 0.742. The summed E-state index contributed by atoms with van der Waals surface area (Å²) >= 11 is 0. The number of halogens is 3. The fourth-order valence-electron chi connectivity index (χ4n) is 6.27. The average Bonchev–Trinajstić information content (AvgIpc) is 3.30. The number of carbonyl (C=O) groups excluding carboxylic acids is 1. The van der Waals surface area contributed by atoms with E-state index in [1.54, 1.807) is 6.92 Å². The van der Waals surface area contributed by atoms with E-state index in [-0.39, 0.29) is 12.3 Å². The Morgan fingerprint density at radius 3 is 2.75 bits per heavy atom. The van der Waals surface area contributed by atoms with Gasteiger partial charge in [-0.25, -0.2) is 4.79 Å². The number of nitriles is 1. The Morgan fingerprint density at radius 1 is 1.41 bits per heavy atom. The van der Waals surface area contributed by atoms with Crippen molar-refractivity contribution in [1.82, 2.24) is 4.90 Å². The molecule has 6 atom stereocenters. The van der Waals surface area contributed by atoms with E-state index >= 15 is 0 Å². The average molecular weight is 451 g/mol. The summed E-state index contributed by atoms with van der Waals surface area (Å²) < 4.78 is 52.8. The molecule has 170 valence electrons. The van der Waals surface area contributed by atoms with Crippen LogP contribution in [0.2, 0.25) is 0 Å². The van der Waals surface area contributed by atoms with Crippen LogP contribution in [0.15, 0.2) is 18.2 Å². The normalized spacial score (nSPS) is 37.4. The van der Waals surface area contributed by atoms with Crippen LogP contribution in [0, 0.1) is 23.2 Å².